The lowest BCUT2D eigenvalue weighted by Crippen LogP contribution is -2.37. The van der Waals surface area contributed by atoms with Crippen LogP contribution in [-0.4, -0.2) is 53.4 Å². The molecular weight excluding hydrogens is 389 g/mol. The molecular formula is C18H21Cl2N5O2. The first-order valence-corrected chi connectivity index (χ1v) is 9.29. The molecule has 9 heteroatoms. The maximum Gasteiger partial charge on any atom is 0.248 e. The molecule has 0 saturated carbocycles. The SMILES string of the molecule is NCCN=CC=C(N)c1cc(Cl)c(Cl)c2[nH]c3c(c12)CN(C(=O)CO)CC3. The molecule has 1 aromatic carbocycles. The lowest BCUT2D eigenvalue weighted by molar-refractivity contribution is -0.135. The molecule has 0 unspecified atom stereocenters. The normalized spacial score (nSPS) is 15.0. The van der Waals surface area contributed by atoms with Crippen molar-refractivity contribution in [3.05, 3.63) is 39.0 Å². The van der Waals surface area contributed by atoms with Crippen molar-refractivity contribution in [3.63, 3.8) is 0 Å². The number of allylic oxidation sites excluding steroid dienone is 1. The van der Waals surface area contributed by atoms with E-state index >= 15 is 0 Å². The second kappa shape index (κ2) is 8.31. The number of carbonyl (C=O) groups is 1. The fourth-order valence-electron chi connectivity index (χ4n) is 3.25. The molecule has 0 atom stereocenters. The van der Waals surface area contributed by atoms with Gasteiger partial charge in [0.2, 0.25) is 5.91 Å². The Morgan fingerprint density at radius 3 is 2.93 bits per heavy atom. The van der Waals surface area contributed by atoms with E-state index in [1.807, 2.05) is 0 Å². The molecule has 1 aromatic heterocycles. The van der Waals surface area contributed by atoms with Gasteiger partial charge >= 0.3 is 0 Å². The zero-order valence-corrected chi connectivity index (χ0v) is 16.1. The van der Waals surface area contributed by atoms with Gasteiger partial charge in [-0.25, -0.2) is 0 Å². The van der Waals surface area contributed by atoms with Gasteiger partial charge in [-0.3, -0.25) is 9.79 Å². The molecule has 0 radical (unpaired) electrons. The number of hydrogen-bond donors (Lipinski definition) is 4. The van der Waals surface area contributed by atoms with E-state index in [1.54, 1.807) is 23.3 Å². The summed E-state index contributed by atoms with van der Waals surface area (Å²) in [4.78, 5) is 21.0. The van der Waals surface area contributed by atoms with Crippen molar-refractivity contribution in [2.75, 3.05) is 26.2 Å². The molecule has 7 nitrogen and oxygen atoms in total. The molecule has 3 rings (SSSR count). The Morgan fingerprint density at radius 1 is 1.44 bits per heavy atom. The third-order valence-corrected chi connectivity index (χ3v) is 5.35. The number of nitrogens with two attached hydrogens (primary N) is 2. The van der Waals surface area contributed by atoms with Crippen molar-refractivity contribution in [1.29, 1.82) is 0 Å². The third-order valence-electron chi connectivity index (χ3n) is 4.56. The predicted molar refractivity (Wildman–Crippen MR) is 109 cm³/mol. The van der Waals surface area contributed by atoms with Crippen molar-refractivity contribution >= 4 is 51.9 Å². The van der Waals surface area contributed by atoms with Gasteiger partial charge in [-0.15, -0.1) is 0 Å². The number of benzene rings is 1. The molecule has 0 fully saturated rings. The Labute approximate surface area is 166 Å². The topological polar surface area (TPSA) is 121 Å². The Hall–Kier alpha value is -2.06. The number of amides is 1. The van der Waals surface area contributed by atoms with Crippen LogP contribution in [-0.2, 0) is 17.8 Å². The van der Waals surface area contributed by atoms with Crippen molar-refractivity contribution in [2.45, 2.75) is 13.0 Å². The van der Waals surface area contributed by atoms with Gasteiger partial charge in [0.1, 0.15) is 6.61 Å². The molecule has 2 aromatic rings. The van der Waals surface area contributed by atoms with Crippen LogP contribution in [0.5, 0.6) is 0 Å². The van der Waals surface area contributed by atoms with Crippen molar-refractivity contribution in [3.8, 4) is 0 Å². The number of fused-ring (bicyclic) bond motifs is 3. The van der Waals surface area contributed by atoms with Gasteiger partial charge < -0.3 is 26.5 Å². The Bertz CT molecular complexity index is 936. The summed E-state index contributed by atoms with van der Waals surface area (Å²) >= 11 is 12.7. The first-order chi connectivity index (χ1) is 13.0. The maximum atomic E-state index is 11.9. The number of halogens is 2. The van der Waals surface area contributed by atoms with Gasteiger partial charge in [0.05, 0.1) is 22.1 Å². The molecule has 27 heavy (non-hydrogen) atoms. The summed E-state index contributed by atoms with van der Waals surface area (Å²) in [5, 5.41) is 10.8. The number of aromatic amines is 1. The predicted octanol–water partition coefficient (Wildman–Crippen LogP) is 1.68. The van der Waals surface area contributed by atoms with Gasteiger partial charge in [-0.2, -0.15) is 0 Å². The summed E-state index contributed by atoms with van der Waals surface area (Å²) in [6.07, 6.45) is 3.93. The average molecular weight is 410 g/mol. The number of carbonyl (C=O) groups excluding carboxylic acids is 1. The monoisotopic (exact) mass is 409 g/mol. The largest absolute Gasteiger partial charge is 0.398 e. The Kier molecular flexibility index (Phi) is 6.06. The van der Waals surface area contributed by atoms with Gasteiger partial charge in [-0.05, 0) is 12.1 Å². The molecule has 1 amide bonds. The first-order valence-electron chi connectivity index (χ1n) is 8.54. The van der Waals surface area contributed by atoms with Crippen LogP contribution in [0.25, 0.3) is 16.6 Å². The molecule has 0 aliphatic carbocycles. The highest BCUT2D eigenvalue weighted by atomic mass is 35.5. The Morgan fingerprint density at radius 2 is 2.22 bits per heavy atom. The summed E-state index contributed by atoms with van der Waals surface area (Å²) in [6.45, 7) is 1.35. The minimum atomic E-state index is -0.517. The zero-order chi connectivity index (χ0) is 19.6. The first kappa shape index (κ1) is 19.7. The van der Waals surface area contributed by atoms with Gasteiger partial charge in [0, 0.05) is 60.2 Å². The highest BCUT2D eigenvalue weighted by Gasteiger charge is 2.26. The minimum Gasteiger partial charge on any atom is -0.398 e. The molecule has 1 aliphatic rings. The fraction of sp³-hybridized carbons (Fsp3) is 0.333. The standard InChI is InChI=1S/C18H21Cl2N5O2/c19-12-7-10(13(22)1-4-23-5-3-21)16-11-8-25(15(27)9-26)6-2-14(11)24-18(16)17(12)20/h1,4,7,24,26H,2-3,5-6,8-9,21-22H2. The molecule has 2 heterocycles. The van der Waals surface area contributed by atoms with Crippen LogP contribution in [0.3, 0.4) is 0 Å². The quantitative estimate of drug-likeness (QED) is 0.561. The number of nitrogens with one attached hydrogen (secondary N) is 1. The number of aromatic nitrogens is 1. The highest BCUT2D eigenvalue weighted by molar-refractivity contribution is 6.45. The fourth-order valence-corrected chi connectivity index (χ4v) is 3.65. The van der Waals surface area contributed by atoms with Crippen LogP contribution in [0.15, 0.2) is 17.1 Å². The van der Waals surface area contributed by atoms with E-state index in [4.69, 9.17) is 34.7 Å². The molecule has 1 aliphatic heterocycles. The summed E-state index contributed by atoms with van der Waals surface area (Å²) < 4.78 is 0. The number of aliphatic hydroxyl groups is 1. The van der Waals surface area contributed by atoms with Gasteiger partial charge in [0.25, 0.3) is 0 Å². The number of rotatable bonds is 5. The van der Waals surface area contributed by atoms with Gasteiger partial charge in [0.15, 0.2) is 0 Å². The summed E-state index contributed by atoms with van der Waals surface area (Å²) in [7, 11) is 0. The van der Waals surface area contributed by atoms with E-state index in [-0.39, 0.29) is 5.91 Å². The van der Waals surface area contributed by atoms with Gasteiger partial charge in [-0.1, -0.05) is 23.2 Å². The second-order valence-electron chi connectivity index (χ2n) is 6.24. The van der Waals surface area contributed by atoms with Crippen LogP contribution in [0.2, 0.25) is 10.0 Å². The lowest BCUT2D eigenvalue weighted by atomic mass is 9.99. The van der Waals surface area contributed by atoms with E-state index < -0.39 is 6.61 Å². The van der Waals surface area contributed by atoms with Crippen LogP contribution < -0.4 is 11.5 Å². The van der Waals surface area contributed by atoms with Crippen LogP contribution in [0, 0.1) is 0 Å². The number of H-pyrrole nitrogens is 1. The third kappa shape index (κ3) is 3.82. The maximum absolute atomic E-state index is 11.9. The van der Waals surface area contributed by atoms with E-state index in [0.29, 0.717) is 53.9 Å². The summed E-state index contributed by atoms with van der Waals surface area (Å²) in [6, 6.07) is 1.72. The van der Waals surface area contributed by atoms with Crippen molar-refractivity contribution in [1.82, 2.24) is 9.88 Å². The van der Waals surface area contributed by atoms with Crippen LogP contribution in [0.1, 0.15) is 16.8 Å². The van der Waals surface area contributed by atoms with E-state index in [1.165, 1.54) is 0 Å². The molecule has 0 bridgehead atoms. The highest BCUT2D eigenvalue weighted by Crippen LogP contribution is 2.39. The number of nitrogens with zero attached hydrogens (tertiary/aromatic N) is 2. The molecule has 144 valence electrons. The van der Waals surface area contributed by atoms with E-state index in [0.717, 1.165) is 22.2 Å². The molecule has 0 saturated heterocycles. The molecule has 6 N–H and O–H groups in total. The summed E-state index contributed by atoms with van der Waals surface area (Å²) in [5.74, 6) is -0.311. The van der Waals surface area contributed by atoms with E-state index in [2.05, 4.69) is 9.98 Å². The minimum absolute atomic E-state index is 0.311. The number of aliphatic imine (C=N–C) groups is 1. The number of aliphatic hydroxyl groups excluding tert-OH is 1. The molecule has 0 spiro atoms. The second-order valence-corrected chi connectivity index (χ2v) is 7.03. The Balaban J connectivity index is 2.13. The smallest absolute Gasteiger partial charge is 0.248 e. The average Bonchev–Trinajstić information content (AvgIpc) is 3.06. The van der Waals surface area contributed by atoms with Crippen molar-refractivity contribution < 1.29 is 9.90 Å². The lowest BCUT2D eigenvalue weighted by Gasteiger charge is -2.27. The van der Waals surface area contributed by atoms with E-state index in [9.17, 15) is 9.90 Å². The van der Waals surface area contributed by atoms with Crippen LogP contribution in [0.4, 0.5) is 0 Å². The van der Waals surface area contributed by atoms with Crippen LogP contribution >= 0.6 is 23.2 Å². The van der Waals surface area contributed by atoms with Crippen molar-refractivity contribution in [2.24, 2.45) is 16.5 Å². The summed E-state index contributed by atoms with van der Waals surface area (Å²) in [5.41, 5.74) is 15.5. The zero-order valence-electron chi connectivity index (χ0n) is 14.6. The number of hydrogen-bond acceptors (Lipinski definition) is 5.